The van der Waals surface area contributed by atoms with Gasteiger partial charge >= 0.3 is 39.5 Å². The SMILES string of the molecule is CCCCCCCCCCCCCCCCCC(=O)OC[C@H](COP(=O)(O)OC[C@@H](O)COP(=O)(O)OC[C@@H](COC(=O)CCCCCCCCCCC(C)C)OC(=O)CCCCCCCCCCC(C)C)OC(=O)CCCCCCCCCCCCCCCCCCCCC(C)CC. The fourth-order valence-electron chi connectivity index (χ4n) is 12.3. The van der Waals surface area contributed by atoms with Crippen molar-refractivity contribution in [1.82, 2.24) is 0 Å². The lowest BCUT2D eigenvalue weighted by Gasteiger charge is -2.21. The van der Waals surface area contributed by atoms with E-state index in [0.717, 1.165) is 108 Å². The third-order valence-electron chi connectivity index (χ3n) is 19.0. The van der Waals surface area contributed by atoms with Crippen molar-refractivity contribution < 1.29 is 80.2 Å². The Bertz CT molecular complexity index is 1920. The molecule has 0 saturated heterocycles. The predicted molar refractivity (Wildman–Crippen MR) is 405 cm³/mol. The Labute approximate surface area is 607 Å². The molecule has 6 atom stereocenters. The minimum absolute atomic E-state index is 0.104. The van der Waals surface area contributed by atoms with Crippen LogP contribution in [0.1, 0.15) is 414 Å². The van der Waals surface area contributed by atoms with Crippen LogP contribution in [0.2, 0.25) is 0 Å². The van der Waals surface area contributed by atoms with E-state index < -0.39 is 97.5 Å². The number of phosphoric acid groups is 2. The third-order valence-corrected chi connectivity index (χ3v) is 20.9. The van der Waals surface area contributed by atoms with E-state index in [9.17, 15) is 43.2 Å². The second-order valence-corrected chi connectivity index (χ2v) is 32.9. The lowest BCUT2D eigenvalue weighted by molar-refractivity contribution is -0.161. The molecule has 0 saturated carbocycles. The molecule has 0 aromatic carbocycles. The van der Waals surface area contributed by atoms with E-state index in [0.29, 0.717) is 25.7 Å². The van der Waals surface area contributed by atoms with Crippen molar-refractivity contribution in [2.75, 3.05) is 39.6 Å². The molecular weight excluding hydrogens is 1290 g/mol. The highest BCUT2D eigenvalue weighted by molar-refractivity contribution is 7.47. The number of unbranched alkanes of at least 4 members (excludes halogenated alkanes) is 45. The molecule has 0 heterocycles. The van der Waals surface area contributed by atoms with E-state index >= 15 is 0 Å². The van der Waals surface area contributed by atoms with Crippen LogP contribution in [0.4, 0.5) is 0 Å². The molecule has 3 unspecified atom stereocenters. The van der Waals surface area contributed by atoms with Crippen LogP contribution in [0, 0.1) is 17.8 Å². The van der Waals surface area contributed by atoms with Gasteiger partial charge < -0.3 is 33.8 Å². The summed E-state index contributed by atoms with van der Waals surface area (Å²) >= 11 is 0. The number of hydrogen-bond donors (Lipinski definition) is 3. The number of rotatable bonds is 78. The van der Waals surface area contributed by atoms with Gasteiger partial charge in [0.25, 0.3) is 0 Å². The van der Waals surface area contributed by atoms with Gasteiger partial charge in [0.15, 0.2) is 12.2 Å². The molecule has 0 aromatic rings. The number of esters is 4. The maximum atomic E-state index is 13.1. The van der Waals surface area contributed by atoms with Crippen molar-refractivity contribution >= 4 is 39.5 Å². The van der Waals surface area contributed by atoms with E-state index in [1.165, 1.54) is 225 Å². The first-order valence-electron chi connectivity index (χ1n) is 41.4. The molecule has 0 radical (unpaired) electrons. The summed E-state index contributed by atoms with van der Waals surface area (Å²) in [5.41, 5.74) is 0. The highest BCUT2D eigenvalue weighted by Gasteiger charge is 2.30. The molecule has 588 valence electrons. The van der Waals surface area contributed by atoms with Gasteiger partial charge in [0.2, 0.25) is 0 Å². The number of carbonyl (C=O) groups is 4. The minimum atomic E-state index is -4.96. The molecule has 0 aromatic heterocycles. The Kier molecular flexibility index (Phi) is 69.0. The molecule has 0 amide bonds. The topological polar surface area (TPSA) is 237 Å². The Hall–Kier alpha value is -1.94. The van der Waals surface area contributed by atoms with Crippen LogP contribution in [0.5, 0.6) is 0 Å². The fraction of sp³-hybridized carbons (Fsp3) is 0.950. The minimum Gasteiger partial charge on any atom is -0.462 e. The molecular formula is C80H156O17P2. The Morgan fingerprint density at radius 1 is 0.293 bits per heavy atom. The van der Waals surface area contributed by atoms with Gasteiger partial charge in [-0.1, -0.05) is 363 Å². The standard InChI is InChI=1S/C80H156O17P2/c1-8-10-11-12-13-14-15-16-21-25-28-31-40-47-54-61-77(82)90-67-75(96-79(84)63-56-49-42-32-29-26-23-20-18-17-19-22-24-27-30-39-46-53-60-73(7)9-2)69-94-98(86,87)92-65-74(81)66-93-99(88,89)95-70-76(97-80(85)64-57-50-43-36-34-38-45-52-59-72(5)6)68-91-78(83)62-55-48-41-35-33-37-44-51-58-71(3)4/h71-76,81H,8-70H2,1-7H3,(H,86,87)(H,88,89)/t73?,74-,75-,76-/m1/s1. The molecule has 0 spiro atoms. The number of hydrogen-bond acceptors (Lipinski definition) is 15. The Balaban J connectivity index is 5.21. The predicted octanol–water partition coefficient (Wildman–Crippen LogP) is 23.7. The quantitative estimate of drug-likeness (QED) is 0.0222. The first-order chi connectivity index (χ1) is 47.8. The zero-order chi connectivity index (χ0) is 73.0. The number of aliphatic hydroxyl groups excluding tert-OH is 1. The smallest absolute Gasteiger partial charge is 0.462 e. The summed E-state index contributed by atoms with van der Waals surface area (Å²) in [5, 5.41) is 10.6. The fourth-order valence-corrected chi connectivity index (χ4v) is 13.9. The van der Waals surface area contributed by atoms with E-state index in [1.807, 2.05) is 0 Å². The monoisotopic (exact) mass is 1450 g/mol. The summed E-state index contributed by atoms with van der Waals surface area (Å²) in [6.45, 7) is 11.9. The van der Waals surface area contributed by atoms with Gasteiger partial charge in [-0.2, -0.15) is 0 Å². The van der Waals surface area contributed by atoms with E-state index in [-0.39, 0.29) is 25.7 Å². The van der Waals surface area contributed by atoms with Crippen molar-refractivity contribution in [2.45, 2.75) is 433 Å². The van der Waals surface area contributed by atoms with Crippen LogP contribution in [0.25, 0.3) is 0 Å². The zero-order valence-electron chi connectivity index (χ0n) is 65.0. The van der Waals surface area contributed by atoms with Crippen molar-refractivity contribution in [3.05, 3.63) is 0 Å². The first-order valence-corrected chi connectivity index (χ1v) is 44.4. The highest BCUT2D eigenvalue weighted by Crippen LogP contribution is 2.45. The van der Waals surface area contributed by atoms with Crippen LogP contribution >= 0.6 is 15.6 Å². The second kappa shape index (κ2) is 70.4. The summed E-state index contributed by atoms with van der Waals surface area (Å²) in [7, 11) is -9.92. The molecule has 0 aliphatic carbocycles. The van der Waals surface area contributed by atoms with Gasteiger partial charge in [0.1, 0.15) is 19.3 Å². The van der Waals surface area contributed by atoms with Crippen molar-refractivity contribution in [3.63, 3.8) is 0 Å². The van der Waals surface area contributed by atoms with Crippen molar-refractivity contribution in [2.24, 2.45) is 17.8 Å². The lowest BCUT2D eigenvalue weighted by Crippen LogP contribution is -2.30. The number of ether oxygens (including phenoxy) is 4. The number of carbonyl (C=O) groups excluding carboxylic acids is 4. The van der Waals surface area contributed by atoms with Gasteiger partial charge in [-0.3, -0.25) is 37.3 Å². The van der Waals surface area contributed by atoms with Gasteiger partial charge in [-0.05, 0) is 43.4 Å². The Morgan fingerprint density at radius 3 is 0.768 bits per heavy atom. The van der Waals surface area contributed by atoms with Gasteiger partial charge in [-0.25, -0.2) is 9.13 Å². The molecule has 3 N–H and O–H groups in total. The molecule has 0 aliphatic rings. The molecule has 99 heavy (non-hydrogen) atoms. The molecule has 0 rings (SSSR count). The van der Waals surface area contributed by atoms with Crippen LogP contribution in [0.3, 0.4) is 0 Å². The summed E-state index contributed by atoms with van der Waals surface area (Å²) in [4.78, 5) is 72.9. The summed E-state index contributed by atoms with van der Waals surface area (Å²) < 4.78 is 68.6. The van der Waals surface area contributed by atoms with Crippen LogP contribution in [-0.4, -0.2) is 96.7 Å². The number of aliphatic hydroxyl groups is 1. The largest absolute Gasteiger partial charge is 0.472 e. The molecule has 17 nitrogen and oxygen atoms in total. The van der Waals surface area contributed by atoms with Crippen LogP contribution in [0.15, 0.2) is 0 Å². The maximum absolute atomic E-state index is 13.1. The lowest BCUT2D eigenvalue weighted by atomic mass is 9.99. The average molecular weight is 1450 g/mol. The van der Waals surface area contributed by atoms with Crippen LogP contribution in [-0.2, 0) is 65.4 Å². The molecule has 19 heteroatoms. The highest BCUT2D eigenvalue weighted by atomic mass is 31.2. The van der Waals surface area contributed by atoms with Crippen molar-refractivity contribution in [1.29, 1.82) is 0 Å². The molecule has 0 bridgehead atoms. The Morgan fingerprint density at radius 2 is 0.515 bits per heavy atom. The molecule has 0 fully saturated rings. The normalized spacial score (nSPS) is 14.3. The van der Waals surface area contributed by atoms with Crippen LogP contribution < -0.4 is 0 Å². The summed E-state index contributed by atoms with van der Waals surface area (Å²) in [5.74, 6) is 0.201. The first kappa shape index (κ1) is 97.1. The van der Waals surface area contributed by atoms with E-state index in [1.54, 1.807) is 0 Å². The van der Waals surface area contributed by atoms with E-state index in [2.05, 4.69) is 48.5 Å². The van der Waals surface area contributed by atoms with Gasteiger partial charge in [0, 0.05) is 25.7 Å². The summed E-state index contributed by atoms with van der Waals surface area (Å²) in [6, 6.07) is 0. The van der Waals surface area contributed by atoms with Gasteiger partial charge in [0.05, 0.1) is 26.4 Å². The van der Waals surface area contributed by atoms with E-state index in [4.69, 9.17) is 37.0 Å². The zero-order valence-corrected chi connectivity index (χ0v) is 66.8. The van der Waals surface area contributed by atoms with Gasteiger partial charge in [-0.15, -0.1) is 0 Å². The average Bonchev–Trinajstić information content (AvgIpc) is 0.985. The maximum Gasteiger partial charge on any atom is 0.472 e. The number of phosphoric ester groups is 2. The summed E-state index contributed by atoms with van der Waals surface area (Å²) in [6.07, 6.45) is 58.4. The second-order valence-electron chi connectivity index (χ2n) is 30.0. The van der Waals surface area contributed by atoms with Crippen molar-refractivity contribution in [3.8, 4) is 0 Å². The molecule has 0 aliphatic heterocycles. The third kappa shape index (κ3) is 72.8.